The van der Waals surface area contributed by atoms with E-state index in [-0.39, 0.29) is 11.8 Å². The highest BCUT2D eigenvalue weighted by molar-refractivity contribution is 7.06. The molecule has 1 aromatic heterocycles. The number of amides is 1. The Morgan fingerprint density at radius 2 is 1.77 bits per heavy atom. The van der Waals surface area contributed by atoms with Crippen LogP contribution in [-0.2, 0) is 4.79 Å². The number of fused-ring (bicyclic) bond motifs is 1. The van der Waals surface area contributed by atoms with Gasteiger partial charge in [-0.05, 0) is 36.5 Å². The van der Waals surface area contributed by atoms with E-state index >= 15 is 0 Å². The molecule has 1 amide bonds. The van der Waals surface area contributed by atoms with Crippen molar-refractivity contribution in [2.24, 2.45) is 4.99 Å². The lowest BCUT2D eigenvalue weighted by molar-refractivity contribution is -0.118. The van der Waals surface area contributed by atoms with Crippen molar-refractivity contribution in [1.29, 1.82) is 0 Å². The number of para-hydroxylation sites is 1. The first-order chi connectivity index (χ1) is 10.7. The summed E-state index contributed by atoms with van der Waals surface area (Å²) in [5, 5.41) is 0.877. The number of rotatable bonds is 6. The van der Waals surface area contributed by atoms with Crippen molar-refractivity contribution in [2.75, 3.05) is 0 Å². The third-order valence-electron chi connectivity index (χ3n) is 3.47. The van der Waals surface area contributed by atoms with Crippen LogP contribution in [0.1, 0.15) is 57.2 Å². The molecule has 5 heteroatoms. The van der Waals surface area contributed by atoms with Gasteiger partial charge in [0.05, 0.1) is 5.52 Å². The van der Waals surface area contributed by atoms with Crippen LogP contribution in [0.5, 0.6) is 0 Å². The van der Waals surface area contributed by atoms with Crippen molar-refractivity contribution in [3.05, 3.63) is 28.9 Å². The Labute approximate surface area is 134 Å². The van der Waals surface area contributed by atoms with Crippen molar-refractivity contribution < 1.29 is 9.59 Å². The maximum Gasteiger partial charge on any atom is 0.247 e. The molecule has 4 nitrogen and oxygen atoms in total. The first kappa shape index (κ1) is 16.6. The largest absolute Gasteiger partial charge is 0.273 e. The van der Waals surface area contributed by atoms with Crippen LogP contribution in [0, 0.1) is 0 Å². The second kappa shape index (κ2) is 8.03. The maximum absolute atomic E-state index is 12.3. The lowest BCUT2D eigenvalue weighted by atomic mass is 10.2. The minimum absolute atomic E-state index is 0.0745. The summed E-state index contributed by atoms with van der Waals surface area (Å²) in [6.45, 7) is 4.12. The molecule has 118 valence electrons. The highest BCUT2D eigenvalue weighted by Crippen LogP contribution is 2.16. The van der Waals surface area contributed by atoms with Crippen LogP contribution >= 0.6 is 11.5 Å². The Hall–Kier alpha value is -1.75. The number of nitrogens with zero attached hydrogens (tertiary/aromatic N) is 2. The van der Waals surface area contributed by atoms with E-state index in [0.717, 1.165) is 36.6 Å². The Morgan fingerprint density at radius 3 is 2.50 bits per heavy atom. The number of benzene rings is 1. The van der Waals surface area contributed by atoms with Crippen LogP contribution in [0.2, 0.25) is 0 Å². The van der Waals surface area contributed by atoms with Crippen LogP contribution in [0.25, 0.3) is 10.9 Å². The molecule has 0 aliphatic rings. The van der Waals surface area contributed by atoms with Gasteiger partial charge in [0.25, 0.3) is 0 Å². The SMILES string of the molecule is CCCCC(=O)N=c1sn(C(=O)CCCC)c2ccccc12. The number of carbonyl (C=O) groups excluding carboxylic acids is 2. The van der Waals surface area contributed by atoms with E-state index in [9.17, 15) is 9.59 Å². The van der Waals surface area contributed by atoms with Gasteiger partial charge in [0.15, 0.2) is 0 Å². The molecule has 2 rings (SSSR count). The van der Waals surface area contributed by atoms with Crippen molar-refractivity contribution >= 4 is 34.2 Å². The molecule has 0 radical (unpaired) electrons. The first-order valence-electron chi connectivity index (χ1n) is 7.89. The quantitative estimate of drug-likeness (QED) is 0.803. The fourth-order valence-corrected chi connectivity index (χ4v) is 3.25. The summed E-state index contributed by atoms with van der Waals surface area (Å²) in [4.78, 5) is 28.5. The highest BCUT2D eigenvalue weighted by atomic mass is 32.1. The van der Waals surface area contributed by atoms with Crippen LogP contribution in [0.3, 0.4) is 0 Å². The average Bonchev–Trinajstić information content (AvgIpc) is 2.89. The van der Waals surface area contributed by atoms with Crippen LogP contribution in [-0.4, -0.2) is 15.8 Å². The minimum Gasteiger partial charge on any atom is -0.273 e. The van der Waals surface area contributed by atoms with Gasteiger partial charge in [-0.2, -0.15) is 0 Å². The molecule has 22 heavy (non-hydrogen) atoms. The van der Waals surface area contributed by atoms with Gasteiger partial charge in [0.1, 0.15) is 4.67 Å². The summed E-state index contributed by atoms with van der Waals surface area (Å²) in [7, 11) is 0. The van der Waals surface area contributed by atoms with Crippen molar-refractivity contribution in [1.82, 2.24) is 3.96 Å². The topological polar surface area (TPSA) is 51.4 Å². The molecule has 1 heterocycles. The molecular weight excluding hydrogens is 296 g/mol. The fourth-order valence-electron chi connectivity index (χ4n) is 2.21. The molecule has 2 aromatic rings. The predicted octanol–water partition coefficient (Wildman–Crippen LogP) is 4.15. The predicted molar refractivity (Wildman–Crippen MR) is 90.1 cm³/mol. The summed E-state index contributed by atoms with van der Waals surface area (Å²) in [6.07, 6.45) is 4.67. The third-order valence-corrected chi connectivity index (χ3v) is 4.54. The van der Waals surface area contributed by atoms with Gasteiger partial charge in [0, 0.05) is 18.2 Å². The molecule has 0 saturated carbocycles. The van der Waals surface area contributed by atoms with Gasteiger partial charge in [0.2, 0.25) is 11.8 Å². The molecule has 0 N–H and O–H groups in total. The molecule has 0 aliphatic heterocycles. The summed E-state index contributed by atoms with van der Waals surface area (Å²) in [5.41, 5.74) is 0.843. The van der Waals surface area contributed by atoms with E-state index in [4.69, 9.17) is 0 Å². The summed E-state index contributed by atoms with van der Waals surface area (Å²) in [6, 6.07) is 7.64. The zero-order valence-corrected chi connectivity index (χ0v) is 14.0. The first-order valence-corrected chi connectivity index (χ1v) is 8.66. The van der Waals surface area contributed by atoms with Crippen LogP contribution in [0.4, 0.5) is 0 Å². The number of aromatic nitrogens is 1. The Morgan fingerprint density at radius 1 is 1.09 bits per heavy atom. The monoisotopic (exact) mass is 318 g/mol. The molecule has 0 unspecified atom stereocenters. The lowest BCUT2D eigenvalue weighted by Crippen LogP contribution is -2.07. The average molecular weight is 318 g/mol. The number of carbonyl (C=O) groups is 2. The van der Waals surface area contributed by atoms with Gasteiger partial charge >= 0.3 is 0 Å². The molecule has 0 saturated heterocycles. The van der Waals surface area contributed by atoms with E-state index in [2.05, 4.69) is 11.9 Å². The summed E-state index contributed by atoms with van der Waals surface area (Å²) >= 11 is 1.27. The molecular formula is C17H22N2O2S. The Balaban J connectivity index is 2.41. The van der Waals surface area contributed by atoms with E-state index in [1.807, 2.05) is 31.2 Å². The van der Waals surface area contributed by atoms with Crippen LogP contribution < -0.4 is 4.67 Å². The number of hydrogen-bond acceptors (Lipinski definition) is 3. The highest BCUT2D eigenvalue weighted by Gasteiger charge is 2.12. The second-order valence-corrected chi connectivity index (χ2v) is 6.25. The molecule has 0 spiro atoms. The minimum atomic E-state index is -0.109. The maximum atomic E-state index is 12.3. The zero-order valence-electron chi connectivity index (χ0n) is 13.2. The molecule has 1 aromatic carbocycles. The molecule has 0 bridgehead atoms. The van der Waals surface area contributed by atoms with Gasteiger partial charge in [-0.1, -0.05) is 38.8 Å². The third kappa shape index (κ3) is 3.91. The molecule has 0 aliphatic carbocycles. The number of hydrogen-bond donors (Lipinski definition) is 0. The zero-order chi connectivity index (χ0) is 15.9. The lowest BCUT2D eigenvalue weighted by Gasteiger charge is -2.00. The van der Waals surface area contributed by atoms with E-state index < -0.39 is 0 Å². The van der Waals surface area contributed by atoms with Gasteiger partial charge in [-0.3, -0.25) is 9.59 Å². The van der Waals surface area contributed by atoms with E-state index in [1.54, 1.807) is 3.96 Å². The van der Waals surface area contributed by atoms with Crippen molar-refractivity contribution in [3.8, 4) is 0 Å². The van der Waals surface area contributed by atoms with E-state index in [1.165, 1.54) is 11.5 Å². The van der Waals surface area contributed by atoms with Gasteiger partial charge < -0.3 is 0 Å². The standard InChI is InChI=1S/C17H22N2O2S/c1-3-5-11-15(20)18-17-13-9-7-8-10-14(13)19(22-17)16(21)12-6-4-2/h7-10H,3-6,11-12H2,1-2H3. The second-order valence-electron chi connectivity index (χ2n) is 5.31. The molecule has 0 fully saturated rings. The Bertz CT molecular complexity index is 728. The van der Waals surface area contributed by atoms with Crippen LogP contribution in [0.15, 0.2) is 29.3 Å². The molecule has 0 atom stereocenters. The Kier molecular flexibility index (Phi) is 6.07. The fraction of sp³-hybridized carbons (Fsp3) is 0.471. The normalized spacial score (nSPS) is 12.0. The van der Waals surface area contributed by atoms with Crippen molar-refractivity contribution in [3.63, 3.8) is 0 Å². The number of unbranched alkanes of at least 4 members (excludes halogenated alkanes) is 2. The van der Waals surface area contributed by atoms with Crippen molar-refractivity contribution in [2.45, 2.75) is 52.4 Å². The smallest absolute Gasteiger partial charge is 0.247 e. The van der Waals surface area contributed by atoms with Gasteiger partial charge in [-0.25, -0.2) is 8.95 Å². The summed E-state index contributed by atoms with van der Waals surface area (Å²) < 4.78 is 2.32. The van der Waals surface area contributed by atoms with E-state index in [0.29, 0.717) is 17.5 Å². The van der Waals surface area contributed by atoms with Gasteiger partial charge in [-0.15, -0.1) is 0 Å². The summed E-state index contributed by atoms with van der Waals surface area (Å²) in [5.74, 6) is -0.0347.